The van der Waals surface area contributed by atoms with Crippen molar-refractivity contribution in [2.75, 3.05) is 32.1 Å². The SMILES string of the molecule is N#CCSc1ccccc1C(=O)N1CCOC(CO)C1. The molecule has 5 nitrogen and oxygen atoms in total. The minimum absolute atomic E-state index is 0.0761. The fraction of sp³-hybridized carbons (Fsp3) is 0.429. The van der Waals surface area contributed by atoms with E-state index in [1.807, 2.05) is 18.2 Å². The van der Waals surface area contributed by atoms with Crippen molar-refractivity contribution in [3.8, 4) is 6.07 Å². The lowest BCUT2D eigenvalue weighted by Crippen LogP contribution is -2.47. The number of nitriles is 1. The molecule has 106 valence electrons. The number of nitrogens with zero attached hydrogens (tertiary/aromatic N) is 2. The Morgan fingerprint density at radius 1 is 1.55 bits per heavy atom. The number of aliphatic hydroxyl groups excluding tert-OH is 1. The molecule has 1 aromatic carbocycles. The maximum atomic E-state index is 12.5. The van der Waals surface area contributed by atoms with Gasteiger partial charge in [0.05, 0.1) is 36.7 Å². The molecule has 1 aromatic rings. The van der Waals surface area contributed by atoms with E-state index < -0.39 is 0 Å². The first-order chi connectivity index (χ1) is 9.76. The van der Waals surface area contributed by atoms with Gasteiger partial charge in [-0.2, -0.15) is 5.26 Å². The first kappa shape index (κ1) is 14.9. The summed E-state index contributed by atoms with van der Waals surface area (Å²) >= 11 is 1.36. The van der Waals surface area contributed by atoms with E-state index in [0.717, 1.165) is 4.90 Å². The van der Waals surface area contributed by atoms with Crippen LogP contribution in [-0.4, -0.2) is 54.1 Å². The predicted molar refractivity (Wildman–Crippen MR) is 75.5 cm³/mol. The highest BCUT2D eigenvalue weighted by Crippen LogP contribution is 2.24. The van der Waals surface area contributed by atoms with Gasteiger partial charge in [-0.25, -0.2) is 0 Å². The number of hydrogen-bond acceptors (Lipinski definition) is 5. The van der Waals surface area contributed by atoms with Crippen LogP contribution < -0.4 is 0 Å². The van der Waals surface area contributed by atoms with E-state index in [2.05, 4.69) is 6.07 Å². The van der Waals surface area contributed by atoms with Crippen molar-refractivity contribution in [1.82, 2.24) is 4.90 Å². The second kappa shape index (κ2) is 7.29. The van der Waals surface area contributed by atoms with Gasteiger partial charge in [-0.15, -0.1) is 11.8 Å². The van der Waals surface area contributed by atoms with Crippen LogP contribution in [0.4, 0.5) is 0 Å². The van der Waals surface area contributed by atoms with Gasteiger partial charge in [0.15, 0.2) is 0 Å². The maximum absolute atomic E-state index is 12.5. The summed E-state index contributed by atoms with van der Waals surface area (Å²) in [5, 5.41) is 17.8. The van der Waals surface area contributed by atoms with Crippen molar-refractivity contribution in [3.63, 3.8) is 0 Å². The topological polar surface area (TPSA) is 73.6 Å². The number of morpholine rings is 1. The average Bonchev–Trinajstić information content (AvgIpc) is 2.52. The molecule has 1 amide bonds. The van der Waals surface area contributed by atoms with Gasteiger partial charge in [0, 0.05) is 18.0 Å². The number of amides is 1. The Labute approximate surface area is 122 Å². The minimum Gasteiger partial charge on any atom is -0.394 e. The molecule has 20 heavy (non-hydrogen) atoms. The second-order valence-corrected chi connectivity index (χ2v) is 5.39. The standard InChI is InChI=1S/C14H16N2O3S/c15-5-8-20-13-4-2-1-3-12(13)14(18)16-6-7-19-11(9-16)10-17/h1-4,11,17H,6-10H2. The molecule has 6 heteroatoms. The van der Waals surface area contributed by atoms with E-state index in [1.54, 1.807) is 11.0 Å². The molecule has 1 heterocycles. The van der Waals surface area contributed by atoms with Crippen molar-refractivity contribution in [1.29, 1.82) is 5.26 Å². The van der Waals surface area contributed by atoms with E-state index in [4.69, 9.17) is 15.1 Å². The number of carbonyl (C=O) groups is 1. The summed E-state index contributed by atoms with van der Waals surface area (Å²) in [6.45, 7) is 1.26. The molecular formula is C14H16N2O3S. The third-order valence-electron chi connectivity index (χ3n) is 3.04. The summed E-state index contributed by atoms with van der Waals surface area (Å²) in [6, 6.07) is 9.35. The molecular weight excluding hydrogens is 276 g/mol. The summed E-state index contributed by atoms with van der Waals surface area (Å²) in [5.74, 6) is 0.236. The Hall–Kier alpha value is -1.55. The minimum atomic E-state index is -0.313. The summed E-state index contributed by atoms with van der Waals surface area (Å²) in [6.07, 6.45) is -0.313. The van der Waals surface area contributed by atoms with Crippen LogP contribution in [0.1, 0.15) is 10.4 Å². The first-order valence-electron chi connectivity index (χ1n) is 6.36. The molecule has 1 aliphatic heterocycles. The molecule has 2 rings (SSSR count). The van der Waals surface area contributed by atoms with Crippen LogP contribution in [0.2, 0.25) is 0 Å². The van der Waals surface area contributed by atoms with Crippen LogP contribution in [0.25, 0.3) is 0 Å². The fourth-order valence-corrected chi connectivity index (χ4v) is 2.77. The Morgan fingerprint density at radius 3 is 3.10 bits per heavy atom. The van der Waals surface area contributed by atoms with Crippen LogP contribution in [-0.2, 0) is 4.74 Å². The van der Waals surface area contributed by atoms with E-state index in [0.29, 0.717) is 31.0 Å². The van der Waals surface area contributed by atoms with Crippen molar-refractivity contribution in [3.05, 3.63) is 29.8 Å². The maximum Gasteiger partial charge on any atom is 0.255 e. The van der Waals surface area contributed by atoms with Crippen molar-refractivity contribution >= 4 is 17.7 Å². The number of aliphatic hydroxyl groups is 1. The Morgan fingerprint density at radius 2 is 2.35 bits per heavy atom. The normalized spacial score (nSPS) is 18.6. The molecule has 1 atom stereocenters. The Balaban J connectivity index is 2.14. The molecule has 1 fully saturated rings. The van der Waals surface area contributed by atoms with Crippen LogP contribution >= 0.6 is 11.8 Å². The Kier molecular flexibility index (Phi) is 5.41. The smallest absolute Gasteiger partial charge is 0.255 e. The van der Waals surface area contributed by atoms with Gasteiger partial charge in [0.25, 0.3) is 5.91 Å². The third kappa shape index (κ3) is 3.51. The summed E-state index contributed by atoms with van der Waals surface area (Å²) in [4.78, 5) is 15.0. The predicted octanol–water partition coefficient (Wildman–Crippen LogP) is 1.14. The molecule has 1 N–H and O–H groups in total. The van der Waals surface area contributed by atoms with Crippen LogP contribution in [0.15, 0.2) is 29.2 Å². The average molecular weight is 292 g/mol. The molecule has 0 aliphatic carbocycles. The van der Waals surface area contributed by atoms with Crippen molar-refractivity contribution in [2.45, 2.75) is 11.0 Å². The van der Waals surface area contributed by atoms with Gasteiger partial charge in [-0.3, -0.25) is 4.79 Å². The van der Waals surface area contributed by atoms with Crippen LogP contribution in [0, 0.1) is 11.3 Å². The number of hydrogen-bond donors (Lipinski definition) is 1. The van der Waals surface area contributed by atoms with Gasteiger partial charge < -0.3 is 14.7 Å². The first-order valence-corrected chi connectivity index (χ1v) is 7.35. The molecule has 0 bridgehead atoms. The van der Waals surface area contributed by atoms with E-state index in [-0.39, 0.29) is 18.6 Å². The largest absolute Gasteiger partial charge is 0.394 e. The monoisotopic (exact) mass is 292 g/mol. The van der Waals surface area contributed by atoms with Gasteiger partial charge in [0.1, 0.15) is 0 Å². The number of rotatable bonds is 4. The Bertz CT molecular complexity index is 515. The summed E-state index contributed by atoms with van der Waals surface area (Å²) in [7, 11) is 0. The zero-order valence-electron chi connectivity index (χ0n) is 11.0. The van der Waals surface area contributed by atoms with Crippen molar-refractivity contribution in [2.24, 2.45) is 0 Å². The molecule has 1 unspecified atom stereocenters. The van der Waals surface area contributed by atoms with Gasteiger partial charge in [-0.1, -0.05) is 12.1 Å². The van der Waals surface area contributed by atoms with Crippen molar-refractivity contribution < 1.29 is 14.6 Å². The third-order valence-corrected chi connectivity index (χ3v) is 3.98. The number of carbonyl (C=O) groups excluding carboxylic acids is 1. The van der Waals surface area contributed by atoms with Gasteiger partial charge in [-0.05, 0) is 12.1 Å². The van der Waals surface area contributed by atoms with E-state index >= 15 is 0 Å². The van der Waals surface area contributed by atoms with Crippen LogP contribution in [0.3, 0.4) is 0 Å². The molecule has 0 saturated carbocycles. The van der Waals surface area contributed by atoms with E-state index in [9.17, 15) is 4.79 Å². The molecule has 0 spiro atoms. The second-order valence-electron chi connectivity index (χ2n) is 4.37. The molecule has 1 saturated heterocycles. The zero-order valence-corrected chi connectivity index (χ0v) is 11.8. The van der Waals surface area contributed by atoms with Crippen LogP contribution in [0.5, 0.6) is 0 Å². The zero-order chi connectivity index (χ0) is 14.4. The molecule has 0 radical (unpaired) electrons. The fourth-order valence-electron chi connectivity index (χ4n) is 2.06. The number of thioether (sulfide) groups is 1. The lowest BCUT2D eigenvalue weighted by atomic mass is 10.1. The van der Waals surface area contributed by atoms with Gasteiger partial charge in [0.2, 0.25) is 0 Å². The van der Waals surface area contributed by atoms with E-state index in [1.165, 1.54) is 11.8 Å². The summed E-state index contributed by atoms with van der Waals surface area (Å²) in [5.41, 5.74) is 0.603. The number of benzene rings is 1. The number of ether oxygens (including phenoxy) is 1. The highest BCUT2D eigenvalue weighted by atomic mass is 32.2. The lowest BCUT2D eigenvalue weighted by molar-refractivity contribution is -0.0448. The highest BCUT2D eigenvalue weighted by molar-refractivity contribution is 7.99. The molecule has 0 aromatic heterocycles. The summed E-state index contributed by atoms with van der Waals surface area (Å²) < 4.78 is 5.35. The highest BCUT2D eigenvalue weighted by Gasteiger charge is 2.25. The molecule has 1 aliphatic rings. The lowest BCUT2D eigenvalue weighted by Gasteiger charge is -2.32. The quantitative estimate of drug-likeness (QED) is 0.842. The van der Waals surface area contributed by atoms with Gasteiger partial charge >= 0.3 is 0 Å².